The fraction of sp³-hybridized carbons (Fsp3) is 0.667. The number of morpholine rings is 1. The first-order chi connectivity index (χ1) is 13.6. The number of aliphatic imine (C=N–C) groups is 1. The topological polar surface area (TPSA) is 52.1 Å². The highest BCUT2D eigenvalue weighted by Gasteiger charge is 2.24. The van der Waals surface area contributed by atoms with Crippen LogP contribution in [0.4, 0.5) is 10.1 Å². The van der Waals surface area contributed by atoms with E-state index >= 15 is 0 Å². The van der Waals surface area contributed by atoms with Crippen LogP contribution < -0.4 is 15.5 Å². The van der Waals surface area contributed by atoms with Crippen LogP contribution in [0.15, 0.2) is 29.3 Å². The highest BCUT2D eigenvalue weighted by molar-refractivity contribution is 5.80. The fourth-order valence-electron chi connectivity index (χ4n) is 4.10. The van der Waals surface area contributed by atoms with E-state index in [1.165, 1.54) is 6.07 Å². The molecule has 2 N–H and O–H groups in total. The van der Waals surface area contributed by atoms with E-state index in [0.717, 1.165) is 63.9 Å². The number of halogens is 1. The Morgan fingerprint density at radius 3 is 2.79 bits per heavy atom. The molecule has 156 valence electrons. The number of guanidine groups is 1. The molecule has 2 heterocycles. The highest BCUT2D eigenvalue weighted by atomic mass is 19.1. The van der Waals surface area contributed by atoms with Crippen molar-refractivity contribution >= 4 is 11.6 Å². The number of nitrogens with one attached hydrogen (secondary N) is 2. The molecule has 3 rings (SSSR count). The molecule has 28 heavy (non-hydrogen) atoms. The van der Waals surface area contributed by atoms with Crippen LogP contribution in [0, 0.1) is 5.82 Å². The van der Waals surface area contributed by atoms with E-state index in [0.29, 0.717) is 18.1 Å². The lowest BCUT2D eigenvalue weighted by Crippen LogP contribution is -2.54. The van der Waals surface area contributed by atoms with Crippen LogP contribution in [0.2, 0.25) is 0 Å². The summed E-state index contributed by atoms with van der Waals surface area (Å²) < 4.78 is 19.0. The number of hydrogen-bond acceptors (Lipinski definition) is 4. The molecule has 2 unspecified atom stereocenters. The Hall–Kier alpha value is -1.86. The van der Waals surface area contributed by atoms with Gasteiger partial charge in [-0.3, -0.25) is 9.89 Å². The maximum absolute atomic E-state index is 13.5. The van der Waals surface area contributed by atoms with Gasteiger partial charge in [-0.25, -0.2) is 4.39 Å². The second-order valence-electron chi connectivity index (χ2n) is 7.85. The third kappa shape index (κ3) is 5.58. The molecule has 0 amide bonds. The van der Waals surface area contributed by atoms with E-state index in [1.54, 1.807) is 12.1 Å². The van der Waals surface area contributed by atoms with Crippen LogP contribution >= 0.6 is 0 Å². The summed E-state index contributed by atoms with van der Waals surface area (Å²) in [7, 11) is 1.82. The first kappa shape index (κ1) is 20.9. The van der Waals surface area contributed by atoms with Crippen molar-refractivity contribution in [3.05, 3.63) is 30.1 Å². The van der Waals surface area contributed by atoms with Crippen molar-refractivity contribution < 1.29 is 9.13 Å². The lowest BCUT2D eigenvalue weighted by atomic mass is 10.0. The molecule has 0 radical (unpaired) electrons. The van der Waals surface area contributed by atoms with Gasteiger partial charge in [-0.15, -0.1) is 0 Å². The second kappa shape index (κ2) is 10.1. The Balaban J connectivity index is 1.43. The molecule has 7 heteroatoms. The number of anilines is 1. The van der Waals surface area contributed by atoms with Gasteiger partial charge in [0.1, 0.15) is 5.82 Å². The van der Waals surface area contributed by atoms with E-state index in [1.807, 2.05) is 13.1 Å². The van der Waals surface area contributed by atoms with Crippen LogP contribution in [0.3, 0.4) is 0 Å². The molecule has 0 spiro atoms. The predicted molar refractivity (Wildman–Crippen MR) is 113 cm³/mol. The molecule has 2 atom stereocenters. The van der Waals surface area contributed by atoms with Gasteiger partial charge in [-0.05, 0) is 44.9 Å². The number of benzene rings is 1. The minimum absolute atomic E-state index is 0.175. The summed E-state index contributed by atoms with van der Waals surface area (Å²) in [6.07, 6.45) is 2.01. The smallest absolute Gasteiger partial charge is 0.191 e. The summed E-state index contributed by atoms with van der Waals surface area (Å²) in [6, 6.07) is 8.12. The number of piperidine rings is 1. The standard InChI is InChI=1S/C21H34FN5O/c1-16(27-11-12-28-15-17(27)2)14-24-21(23-3)25-19-7-9-26(10-8-19)20-6-4-5-18(22)13-20/h4-6,13,16-17,19H,7-12,14-15H2,1-3H3,(H2,23,24,25). The second-order valence-corrected chi connectivity index (χ2v) is 7.85. The van der Waals surface area contributed by atoms with Crippen LogP contribution in [0.25, 0.3) is 0 Å². The summed E-state index contributed by atoms with van der Waals surface area (Å²) in [4.78, 5) is 9.13. The third-order valence-electron chi connectivity index (χ3n) is 5.78. The monoisotopic (exact) mass is 391 g/mol. The molecule has 2 aliphatic heterocycles. The summed E-state index contributed by atoms with van der Waals surface area (Å²) in [5.41, 5.74) is 0.967. The molecular formula is C21H34FN5O. The summed E-state index contributed by atoms with van der Waals surface area (Å²) in [5, 5.41) is 7.03. The lowest BCUT2D eigenvalue weighted by Gasteiger charge is -2.38. The van der Waals surface area contributed by atoms with Crippen molar-refractivity contribution in [3.8, 4) is 0 Å². The highest BCUT2D eigenvalue weighted by Crippen LogP contribution is 2.20. The first-order valence-electron chi connectivity index (χ1n) is 10.4. The fourth-order valence-corrected chi connectivity index (χ4v) is 4.10. The van der Waals surface area contributed by atoms with Gasteiger partial charge in [-0.2, -0.15) is 0 Å². The van der Waals surface area contributed by atoms with Gasteiger partial charge in [0.05, 0.1) is 13.2 Å². The molecule has 0 aliphatic carbocycles. The van der Waals surface area contributed by atoms with Gasteiger partial charge in [0, 0.05) is 57.0 Å². The molecule has 1 aromatic rings. The Morgan fingerprint density at radius 1 is 1.32 bits per heavy atom. The van der Waals surface area contributed by atoms with Crippen molar-refractivity contribution in [2.24, 2.45) is 4.99 Å². The van der Waals surface area contributed by atoms with Crippen LogP contribution in [-0.2, 0) is 4.74 Å². The lowest BCUT2D eigenvalue weighted by molar-refractivity contribution is -0.0174. The summed E-state index contributed by atoms with van der Waals surface area (Å²) in [6.45, 7) is 9.75. The van der Waals surface area contributed by atoms with Crippen molar-refractivity contribution in [2.45, 2.75) is 44.8 Å². The molecule has 6 nitrogen and oxygen atoms in total. The zero-order valence-electron chi connectivity index (χ0n) is 17.3. The molecule has 1 aromatic carbocycles. The minimum atomic E-state index is -0.175. The quantitative estimate of drug-likeness (QED) is 0.595. The Morgan fingerprint density at radius 2 is 2.11 bits per heavy atom. The maximum atomic E-state index is 13.5. The molecule has 2 fully saturated rings. The molecule has 0 bridgehead atoms. The largest absolute Gasteiger partial charge is 0.379 e. The van der Waals surface area contributed by atoms with Gasteiger partial charge < -0.3 is 20.3 Å². The molecule has 2 saturated heterocycles. The molecular weight excluding hydrogens is 357 g/mol. The van der Waals surface area contributed by atoms with Crippen LogP contribution in [0.5, 0.6) is 0 Å². The van der Waals surface area contributed by atoms with Crippen molar-refractivity contribution in [1.82, 2.24) is 15.5 Å². The van der Waals surface area contributed by atoms with Gasteiger partial charge >= 0.3 is 0 Å². The van der Waals surface area contributed by atoms with E-state index in [2.05, 4.69) is 39.3 Å². The Kier molecular flexibility index (Phi) is 7.50. The Labute approximate surface area is 168 Å². The zero-order valence-corrected chi connectivity index (χ0v) is 17.3. The molecule has 0 aromatic heterocycles. The van der Waals surface area contributed by atoms with Gasteiger partial charge in [0.2, 0.25) is 0 Å². The average Bonchev–Trinajstić information content (AvgIpc) is 2.71. The maximum Gasteiger partial charge on any atom is 0.191 e. The average molecular weight is 392 g/mol. The van der Waals surface area contributed by atoms with Crippen LogP contribution in [-0.4, -0.2) is 75.4 Å². The zero-order chi connectivity index (χ0) is 19.9. The van der Waals surface area contributed by atoms with E-state index in [4.69, 9.17) is 4.74 Å². The third-order valence-corrected chi connectivity index (χ3v) is 5.78. The predicted octanol–water partition coefficient (Wildman–Crippen LogP) is 2.07. The normalized spacial score (nSPS) is 23.5. The number of rotatable bonds is 5. The molecule has 0 saturated carbocycles. The van der Waals surface area contributed by atoms with Crippen LogP contribution in [0.1, 0.15) is 26.7 Å². The summed E-state index contributed by atoms with van der Waals surface area (Å²) in [5.74, 6) is 0.683. The Bertz CT molecular complexity index is 647. The van der Waals surface area contributed by atoms with Gasteiger partial charge in [0.25, 0.3) is 0 Å². The van der Waals surface area contributed by atoms with E-state index < -0.39 is 0 Å². The van der Waals surface area contributed by atoms with Crippen molar-refractivity contribution in [1.29, 1.82) is 0 Å². The van der Waals surface area contributed by atoms with Crippen molar-refractivity contribution in [2.75, 3.05) is 51.3 Å². The van der Waals surface area contributed by atoms with Gasteiger partial charge in [0.15, 0.2) is 5.96 Å². The SMILES string of the molecule is CN=C(NCC(C)N1CCOCC1C)NC1CCN(c2cccc(F)c2)CC1. The van der Waals surface area contributed by atoms with E-state index in [-0.39, 0.29) is 5.82 Å². The number of hydrogen-bond donors (Lipinski definition) is 2. The first-order valence-corrected chi connectivity index (χ1v) is 10.4. The summed E-state index contributed by atoms with van der Waals surface area (Å²) >= 11 is 0. The number of nitrogens with zero attached hydrogens (tertiary/aromatic N) is 3. The number of ether oxygens (including phenoxy) is 1. The van der Waals surface area contributed by atoms with Crippen molar-refractivity contribution in [3.63, 3.8) is 0 Å². The molecule has 2 aliphatic rings. The van der Waals surface area contributed by atoms with Gasteiger partial charge in [-0.1, -0.05) is 6.07 Å². The minimum Gasteiger partial charge on any atom is -0.379 e. The van der Waals surface area contributed by atoms with E-state index in [9.17, 15) is 4.39 Å².